The molecule has 4 aromatic rings. The number of aromatic nitrogens is 2. The molecule has 3 amide bonds. The van der Waals surface area contributed by atoms with Crippen LogP contribution < -0.4 is 10.6 Å². The van der Waals surface area contributed by atoms with Crippen molar-refractivity contribution in [1.29, 1.82) is 0 Å². The summed E-state index contributed by atoms with van der Waals surface area (Å²) in [6.07, 6.45) is 1.44. The molecule has 5 rings (SSSR count). The molecule has 0 radical (unpaired) electrons. The first-order valence-corrected chi connectivity index (χ1v) is 11.5. The van der Waals surface area contributed by atoms with Gasteiger partial charge in [-0.25, -0.2) is 9.78 Å². The third-order valence-corrected chi connectivity index (χ3v) is 6.24. The molecule has 172 valence electrons. The van der Waals surface area contributed by atoms with Gasteiger partial charge in [0.05, 0.1) is 11.0 Å². The number of piperidine rings is 1. The van der Waals surface area contributed by atoms with E-state index >= 15 is 0 Å². The summed E-state index contributed by atoms with van der Waals surface area (Å²) in [5, 5.41) is 6.05. The molecule has 0 saturated carbocycles. The summed E-state index contributed by atoms with van der Waals surface area (Å²) in [5.41, 5.74) is 4.18. The number of benzene rings is 3. The molecule has 0 unspecified atom stereocenters. The smallest absolute Gasteiger partial charge is 0.321 e. The molecule has 1 fully saturated rings. The molecule has 7 nitrogen and oxygen atoms in total. The van der Waals surface area contributed by atoms with Crippen LogP contribution in [0.3, 0.4) is 0 Å². The second-order valence-corrected chi connectivity index (χ2v) is 8.56. The monoisotopic (exact) mass is 453 g/mol. The van der Waals surface area contributed by atoms with Crippen molar-refractivity contribution in [2.24, 2.45) is 0 Å². The van der Waals surface area contributed by atoms with Crippen LogP contribution in [0.5, 0.6) is 0 Å². The lowest BCUT2D eigenvalue weighted by atomic mass is 10.0. The Balaban J connectivity index is 1.21. The number of aryl methyl sites for hydroxylation is 1. The van der Waals surface area contributed by atoms with E-state index in [2.05, 4.69) is 20.2 Å². The van der Waals surface area contributed by atoms with Crippen LogP contribution >= 0.6 is 0 Å². The van der Waals surface area contributed by atoms with Crippen molar-refractivity contribution >= 4 is 28.7 Å². The minimum Gasteiger partial charge on any atom is -0.349 e. The number of nitrogens with zero attached hydrogens (tertiary/aromatic N) is 3. The average molecular weight is 454 g/mol. The van der Waals surface area contributed by atoms with E-state index in [0.29, 0.717) is 18.7 Å². The number of carbonyl (C=O) groups excluding carboxylic acids is 2. The SMILES string of the molecule is Cc1nc2cc(C(=O)NC3CCN(C(=O)Nc4ccccc4)CC3)ccc2n1-c1ccccc1. The van der Waals surface area contributed by atoms with Gasteiger partial charge in [0.15, 0.2) is 0 Å². The number of carbonyl (C=O) groups is 2. The van der Waals surface area contributed by atoms with Gasteiger partial charge in [0, 0.05) is 36.1 Å². The van der Waals surface area contributed by atoms with Gasteiger partial charge >= 0.3 is 6.03 Å². The van der Waals surface area contributed by atoms with Gasteiger partial charge in [-0.15, -0.1) is 0 Å². The van der Waals surface area contributed by atoms with E-state index in [1.807, 2.05) is 85.8 Å². The van der Waals surface area contributed by atoms with E-state index in [-0.39, 0.29) is 18.0 Å². The van der Waals surface area contributed by atoms with Crippen molar-refractivity contribution in [3.05, 3.63) is 90.3 Å². The fourth-order valence-corrected chi connectivity index (χ4v) is 4.46. The van der Waals surface area contributed by atoms with Gasteiger partial charge in [-0.3, -0.25) is 9.36 Å². The van der Waals surface area contributed by atoms with E-state index in [0.717, 1.165) is 41.1 Å². The summed E-state index contributed by atoms with van der Waals surface area (Å²) >= 11 is 0. The second-order valence-electron chi connectivity index (χ2n) is 8.56. The summed E-state index contributed by atoms with van der Waals surface area (Å²) in [4.78, 5) is 31.9. The number of para-hydroxylation sites is 2. The van der Waals surface area contributed by atoms with Gasteiger partial charge in [-0.05, 0) is 62.2 Å². The van der Waals surface area contributed by atoms with Crippen molar-refractivity contribution in [2.75, 3.05) is 18.4 Å². The maximum atomic E-state index is 12.9. The van der Waals surface area contributed by atoms with Crippen LogP contribution in [0.25, 0.3) is 16.7 Å². The molecule has 1 aromatic heterocycles. The Kier molecular flexibility index (Phi) is 5.99. The molecule has 2 heterocycles. The molecule has 2 N–H and O–H groups in total. The quantitative estimate of drug-likeness (QED) is 0.468. The van der Waals surface area contributed by atoms with Gasteiger partial charge < -0.3 is 15.5 Å². The van der Waals surface area contributed by atoms with E-state index in [9.17, 15) is 9.59 Å². The van der Waals surface area contributed by atoms with E-state index in [4.69, 9.17) is 0 Å². The number of hydrogen-bond acceptors (Lipinski definition) is 3. The normalized spacial score (nSPS) is 14.2. The van der Waals surface area contributed by atoms with E-state index in [1.165, 1.54) is 0 Å². The zero-order valence-electron chi connectivity index (χ0n) is 19.1. The number of likely N-dealkylation sites (tertiary alicyclic amines) is 1. The maximum Gasteiger partial charge on any atom is 0.321 e. The highest BCUT2D eigenvalue weighted by atomic mass is 16.2. The Hall–Kier alpha value is -4.13. The third-order valence-electron chi connectivity index (χ3n) is 6.24. The Morgan fingerprint density at radius 2 is 1.59 bits per heavy atom. The highest BCUT2D eigenvalue weighted by Gasteiger charge is 2.24. The highest BCUT2D eigenvalue weighted by Crippen LogP contribution is 2.23. The van der Waals surface area contributed by atoms with Crippen molar-refractivity contribution in [3.63, 3.8) is 0 Å². The zero-order chi connectivity index (χ0) is 23.5. The standard InChI is InChI=1S/C27H27N5O2/c1-19-28-24-18-20(12-13-25(24)32(19)23-10-6-3-7-11-23)26(33)29-22-14-16-31(17-15-22)27(34)30-21-8-4-2-5-9-21/h2-13,18,22H,14-17H2,1H3,(H,29,33)(H,30,34). The average Bonchev–Trinajstić information content (AvgIpc) is 3.20. The van der Waals surface area contributed by atoms with Gasteiger partial charge in [0.1, 0.15) is 5.82 Å². The molecule has 1 aliphatic rings. The maximum absolute atomic E-state index is 12.9. The number of imidazole rings is 1. The molecular weight excluding hydrogens is 426 g/mol. The lowest BCUT2D eigenvalue weighted by Crippen LogP contribution is -2.47. The first-order valence-electron chi connectivity index (χ1n) is 11.5. The van der Waals surface area contributed by atoms with Crippen LogP contribution in [0.2, 0.25) is 0 Å². The van der Waals surface area contributed by atoms with Gasteiger partial charge in [-0.1, -0.05) is 36.4 Å². The Morgan fingerprint density at radius 3 is 2.29 bits per heavy atom. The van der Waals surface area contributed by atoms with Crippen LogP contribution in [-0.2, 0) is 0 Å². The van der Waals surface area contributed by atoms with Crippen LogP contribution in [0.1, 0.15) is 29.0 Å². The van der Waals surface area contributed by atoms with E-state index in [1.54, 1.807) is 4.90 Å². The van der Waals surface area contributed by atoms with Crippen molar-refractivity contribution in [1.82, 2.24) is 19.8 Å². The van der Waals surface area contributed by atoms with Crippen LogP contribution in [0.4, 0.5) is 10.5 Å². The van der Waals surface area contributed by atoms with Gasteiger partial charge in [-0.2, -0.15) is 0 Å². The Morgan fingerprint density at radius 1 is 0.912 bits per heavy atom. The molecule has 3 aromatic carbocycles. The predicted octanol–water partition coefficient (Wildman–Crippen LogP) is 4.76. The van der Waals surface area contributed by atoms with Gasteiger partial charge in [0.2, 0.25) is 0 Å². The number of hydrogen-bond donors (Lipinski definition) is 2. The predicted molar refractivity (Wildman–Crippen MR) is 133 cm³/mol. The number of nitrogens with one attached hydrogen (secondary N) is 2. The second kappa shape index (κ2) is 9.39. The summed E-state index contributed by atoms with van der Waals surface area (Å²) in [6.45, 7) is 3.17. The third kappa shape index (κ3) is 4.50. The van der Waals surface area contributed by atoms with Crippen LogP contribution in [0.15, 0.2) is 78.9 Å². The lowest BCUT2D eigenvalue weighted by Gasteiger charge is -2.32. The fourth-order valence-electron chi connectivity index (χ4n) is 4.46. The molecule has 1 aliphatic heterocycles. The highest BCUT2D eigenvalue weighted by molar-refractivity contribution is 5.98. The molecule has 0 aliphatic carbocycles. The van der Waals surface area contributed by atoms with Crippen LogP contribution in [-0.4, -0.2) is 45.5 Å². The van der Waals surface area contributed by atoms with E-state index < -0.39 is 0 Å². The zero-order valence-corrected chi connectivity index (χ0v) is 19.1. The van der Waals surface area contributed by atoms with Crippen molar-refractivity contribution < 1.29 is 9.59 Å². The summed E-state index contributed by atoms with van der Waals surface area (Å²) in [5.74, 6) is 0.765. The van der Waals surface area contributed by atoms with Crippen molar-refractivity contribution in [3.8, 4) is 5.69 Å². The number of amides is 3. The molecule has 34 heavy (non-hydrogen) atoms. The summed E-state index contributed by atoms with van der Waals surface area (Å²) < 4.78 is 2.09. The minimum atomic E-state index is -0.110. The largest absolute Gasteiger partial charge is 0.349 e. The first-order chi connectivity index (χ1) is 16.6. The lowest BCUT2D eigenvalue weighted by molar-refractivity contribution is 0.0919. The molecular formula is C27H27N5O2. The van der Waals surface area contributed by atoms with Crippen LogP contribution in [0, 0.1) is 6.92 Å². The number of anilines is 1. The number of fused-ring (bicyclic) bond motifs is 1. The topological polar surface area (TPSA) is 79.3 Å². The summed E-state index contributed by atoms with van der Waals surface area (Å²) in [7, 11) is 0. The van der Waals surface area contributed by atoms with Crippen molar-refractivity contribution in [2.45, 2.75) is 25.8 Å². The molecule has 0 atom stereocenters. The fraction of sp³-hybridized carbons (Fsp3) is 0.222. The van der Waals surface area contributed by atoms with Gasteiger partial charge in [0.25, 0.3) is 5.91 Å². The molecule has 0 spiro atoms. The Bertz CT molecular complexity index is 1310. The first kappa shape index (κ1) is 21.7. The molecule has 1 saturated heterocycles. The molecule has 0 bridgehead atoms. The minimum absolute atomic E-state index is 0.0348. The number of rotatable bonds is 4. The number of urea groups is 1. The molecule has 7 heteroatoms. The Labute approximate surface area is 198 Å². The summed E-state index contributed by atoms with van der Waals surface area (Å²) in [6, 6.07) is 25.1.